The third-order valence-electron chi connectivity index (χ3n) is 4.87. The minimum Gasteiger partial charge on any atom is -0.313 e. The Balaban J connectivity index is 1.76. The molecule has 2 fully saturated rings. The van der Waals surface area contributed by atoms with E-state index in [0.29, 0.717) is 5.41 Å². The molecule has 0 amide bonds. The number of aryl methyl sites for hydroxylation is 1. The van der Waals surface area contributed by atoms with Crippen LogP contribution in [-0.2, 0) is 5.41 Å². The standard InChI is InChI=1S/C17H25N/c1-3-14-10-17(11-14,12-18-16-7-8-16)15-6-4-5-13(2)9-15/h4-6,9,14,16,18H,3,7-8,10-12H2,1-2H3. The van der Waals surface area contributed by atoms with E-state index in [2.05, 4.69) is 43.4 Å². The Hall–Kier alpha value is -0.820. The van der Waals surface area contributed by atoms with Gasteiger partial charge in [-0.25, -0.2) is 0 Å². The van der Waals surface area contributed by atoms with Gasteiger partial charge in [0.15, 0.2) is 0 Å². The molecule has 1 aromatic rings. The van der Waals surface area contributed by atoms with Crippen molar-refractivity contribution < 1.29 is 0 Å². The van der Waals surface area contributed by atoms with Crippen molar-refractivity contribution in [1.82, 2.24) is 5.32 Å². The van der Waals surface area contributed by atoms with E-state index < -0.39 is 0 Å². The third-order valence-corrected chi connectivity index (χ3v) is 4.87. The lowest BCUT2D eigenvalue weighted by atomic mass is 9.57. The molecule has 0 aliphatic heterocycles. The Labute approximate surface area is 111 Å². The van der Waals surface area contributed by atoms with Crippen molar-refractivity contribution in [2.45, 2.75) is 57.4 Å². The molecule has 98 valence electrons. The largest absolute Gasteiger partial charge is 0.313 e. The van der Waals surface area contributed by atoms with Gasteiger partial charge in [-0.05, 0) is 44.1 Å². The fraction of sp³-hybridized carbons (Fsp3) is 0.647. The Morgan fingerprint density at radius 3 is 2.67 bits per heavy atom. The summed E-state index contributed by atoms with van der Waals surface area (Å²) in [6, 6.07) is 10.0. The van der Waals surface area contributed by atoms with Crippen LogP contribution in [0.15, 0.2) is 24.3 Å². The molecular formula is C17H25N. The van der Waals surface area contributed by atoms with Crippen LogP contribution in [0.4, 0.5) is 0 Å². The van der Waals surface area contributed by atoms with Crippen molar-refractivity contribution in [3.63, 3.8) is 0 Å². The molecule has 0 saturated heterocycles. The van der Waals surface area contributed by atoms with Crippen LogP contribution >= 0.6 is 0 Å². The first-order valence-electron chi connectivity index (χ1n) is 7.52. The van der Waals surface area contributed by atoms with Crippen LogP contribution in [0.3, 0.4) is 0 Å². The van der Waals surface area contributed by atoms with Gasteiger partial charge in [0.25, 0.3) is 0 Å². The zero-order valence-electron chi connectivity index (χ0n) is 11.7. The zero-order valence-corrected chi connectivity index (χ0v) is 11.7. The van der Waals surface area contributed by atoms with Gasteiger partial charge in [-0.3, -0.25) is 0 Å². The maximum Gasteiger partial charge on any atom is 0.00832 e. The van der Waals surface area contributed by atoms with Crippen molar-refractivity contribution in [2.75, 3.05) is 6.54 Å². The molecule has 0 radical (unpaired) electrons. The Bertz CT molecular complexity index is 413. The first-order valence-corrected chi connectivity index (χ1v) is 7.52. The minimum absolute atomic E-state index is 0.440. The summed E-state index contributed by atoms with van der Waals surface area (Å²) in [5.74, 6) is 0.950. The van der Waals surface area contributed by atoms with Crippen LogP contribution in [-0.4, -0.2) is 12.6 Å². The topological polar surface area (TPSA) is 12.0 Å². The van der Waals surface area contributed by atoms with Gasteiger partial charge < -0.3 is 5.32 Å². The summed E-state index contributed by atoms with van der Waals surface area (Å²) in [5, 5.41) is 3.76. The minimum atomic E-state index is 0.440. The summed E-state index contributed by atoms with van der Waals surface area (Å²) in [6.45, 7) is 5.73. The molecule has 0 spiro atoms. The molecule has 2 aliphatic carbocycles. The quantitative estimate of drug-likeness (QED) is 0.829. The average Bonchev–Trinajstić information content (AvgIpc) is 3.12. The Kier molecular flexibility index (Phi) is 3.19. The fourth-order valence-corrected chi connectivity index (χ4v) is 3.42. The van der Waals surface area contributed by atoms with Gasteiger partial charge in [-0.1, -0.05) is 43.2 Å². The summed E-state index contributed by atoms with van der Waals surface area (Å²) in [5.41, 5.74) is 3.41. The van der Waals surface area contributed by atoms with Gasteiger partial charge >= 0.3 is 0 Å². The molecule has 1 heteroatoms. The summed E-state index contributed by atoms with van der Waals surface area (Å²) in [6.07, 6.45) is 6.89. The number of hydrogen-bond donors (Lipinski definition) is 1. The summed E-state index contributed by atoms with van der Waals surface area (Å²) in [7, 11) is 0. The third kappa shape index (κ3) is 2.33. The number of rotatable bonds is 5. The first-order chi connectivity index (χ1) is 8.72. The maximum atomic E-state index is 3.76. The van der Waals surface area contributed by atoms with Crippen molar-refractivity contribution >= 4 is 0 Å². The lowest BCUT2D eigenvalue weighted by Crippen LogP contribution is -2.49. The van der Waals surface area contributed by atoms with Crippen LogP contribution in [0.1, 0.15) is 50.2 Å². The normalized spacial score (nSPS) is 31.1. The monoisotopic (exact) mass is 243 g/mol. The van der Waals surface area contributed by atoms with Crippen molar-refractivity contribution in [3.05, 3.63) is 35.4 Å². The van der Waals surface area contributed by atoms with Gasteiger partial charge in [0.05, 0.1) is 0 Å². The zero-order chi connectivity index (χ0) is 12.6. The lowest BCUT2D eigenvalue weighted by molar-refractivity contribution is 0.133. The summed E-state index contributed by atoms with van der Waals surface area (Å²) in [4.78, 5) is 0. The van der Waals surface area contributed by atoms with Crippen LogP contribution < -0.4 is 5.32 Å². The molecule has 2 saturated carbocycles. The molecule has 0 aromatic heterocycles. The van der Waals surface area contributed by atoms with Crippen molar-refractivity contribution in [2.24, 2.45) is 5.92 Å². The summed E-state index contributed by atoms with van der Waals surface area (Å²) >= 11 is 0. The van der Waals surface area contributed by atoms with E-state index in [-0.39, 0.29) is 0 Å². The highest BCUT2D eigenvalue weighted by atomic mass is 15.0. The Morgan fingerprint density at radius 1 is 1.28 bits per heavy atom. The highest BCUT2D eigenvalue weighted by molar-refractivity contribution is 5.33. The molecule has 2 aliphatic rings. The second-order valence-electron chi connectivity index (χ2n) is 6.49. The predicted molar refractivity (Wildman–Crippen MR) is 76.9 cm³/mol. The molecule has 1 N–H and O–H groups in total. The lowest BCUT2D eigenvalue weighted by Gasteiger charge is -2.49. The van der Waals surface area contributed by atoms with Gasteiger partial charge in [0, 0.05) is 18.0 Å². The first kappa shape index (κ1) is 12.2. The highest BCUT2D eigenvalue weighted by Gasteiger charge is 2.44. The van der Waals surface area contributed by atoms with Gasteiger partial charge in [0.2, 0.25) is 0 Å². The van der Waals surface area contributed by atoms with Crippen LogP contribution in [0.2, 0.25) is 0 Å². The SMILES string of the molecule is CCC1CC(CNC2CC2)(c2cccc(C)c2)C1. The van der Waals surface area contributed by atoms with E-state index in [1.54, 1.807) is 5.56 Å². The molecule has 0 unspecified atom stereocenters. The molecule has 0 atom stereocenters. The van der Waals surface area contributed by atoms with E-state index in [9.17, 15) is 0 Å². The van der Waals surface area contributed by atoms with Crippen LogP contribution in [0.25, 0.3) is 0 Å². The molecule has 3 rings (SSSR count). The maximum absolute atomic E-state index is 3.76. The van der Waals surface area contributed by atoms with Gasteiger partial charge in [-0.15, -0.1) is 0 Å². The number of hydrogen-bond acceptors (Lipinski definition) is 1. The smallest absolute Gasteiger partial charge is 0.00832 e. The highest BCUT2D eigenvalue weighted by Crippen LogP contribution is 2.49. The summed E-state index contributed by atoms with van der Waals surface area (Å²) < 4.78 is 0. The average molecular weight is 243 g/mol. The predicted octanol–water partition coefficient (Wildman–Crippen LogP) is 3.80. The molecule has 1 aromatic carbocycles. The van der Waals surface area contributed by atoms with E-state index in [0.717, 1.165) is 12.0 Å². The van der Waals surface area contributed by atoms with Crippen LogP contribution in [0, 0.1) is 12.8 Å². The molecule has 0 heterocycles. The second kappa shape index (κ2) is 4.70. The molecule has 0 bridgehead atoms. The number of benzene rings is 1. The van der Waals surface area contributed by atoms with E-state index in [4.69, 9.17) is 0 Å². The second-order valence-corrected chi connectivity index (χ2v) is 6.49. The van der Waals surface area contributed by atoms with Gasteiger partial charge in [-0.2, -0.15) is 0 Å². The van der Waals surface area contributed by atoms with Crippen LogP contribution in [0.5, 0.6) is 0 Å². The van der Waals surface area contributed by atoms with Gasteiger partial charge in [0.1, 0.15) is 0 Å². The van der Waals surface area contributed by atoms with Crippen molar-refractivity contribution in [1.29, 1.82) is 0 Å². The van der Waals surface area contributed by atoms with Crippen molar-refractivity contribution in [3.8, 4) is 0 Å². The van der Waals surface area contributed by atoms with E-state index >= 15 is 0 Å². The van der Waals surface area contributed by atoms with E-state index in [1.807, 2.05) is 0 Å². The number of nitrogens with one attached hydrogen (secondary N) is 1. The fourth-order valence-electron chi connectivity index (χ4n) is 3.42. The Morgan fingerprint density at radius 2 is 2.06 bits per heavy atom. The van der Waals surface area contributed by atoms with E-state index in [1.165, 1.54) is 44.2 Å². The molecule has 18 heavy (non-hydrogen) atoms. The molecular weight excluding hydrogens is 218 g/mol. The molecule has 1 nitrogen and oxygen atoms in total.